The van der Waals surface area contributed by atoms with Crippen molar-refractivity contribution in [1.29, 1.82) is 0 Å². The third kappa shape index (κ3) is 3.46. The van der Waals surface area contributed by atoms with Crippen molar-refractivity contribution in [3.8, 4) is 22.4 Å². The van der Waals surface area contributed by atoms with Crippen LogP contribution >= 0.6 is 0 Å². The van der Waals surface area contributed by atoms with E-state index in [1.54, 1.807) is 0 Å². The molecule has 0 bridgehead atoms. The minimum absolute atomic E-state index is 0.545. The number of nitrogens with zero attached hydrogens (tertiary/aromatic N) is 2. The molecular weight excluding hydrogens is 330 g/mol. The molecule has 0 amide bonds. The lowest BCUT2D eigenvalue weighted by Crippen LogP contribution is -1.98. The van der Waals surface area contributed by atoms with Crippen LogP contribution in [0.4, 0.5) is 0 Å². The molecule has 0 aliphatic rings. The van der Waals surface area contributed by atoms with Gasteiger partial charge in [0.15, 0.2) is 0 Å². The number of hydrogen-bond donors (Lipinski definition) is 1. The van der Waals surface area contributed by atoms with Gasteiger partial charge in [-0.05, 0) is 29.7 Å². The first-order chi connectivity index (χ1) is 13.3. The molecule has 0 aliphatic heterocycles. The van der Waals surface area contributed by atoms with E-state index in [-0.39, 0.29) is 0 Å². The van der Waals surface area contributed by atoms with Crippen molar-refractivity contribution in [2.75, 3.05) is 0 Å². The van der Waals surface area contributed by atoms with Crippen molar-refractivity contribution >= 4 is 10.9 Å². The Morgan fingerprint density at radius 1 is 0.889 bits per heavy atom. The number of rotatable bonds is 5. The molecule has 2 N–H and O–H groups in total. The second-order valence-corrected chi connectivity index (χ2v) is 6.73. The third-order valence-electron chi connectivity index (χ3n) is 4.86. The van der Waals surface area contributed by atoms with Gasteiger partial charge in [-0.1, -0.05) is 67.9 Å². The second kappa shape index (κ2) is 7.68. The molecule has 0 saturated heterocycles. The van der Waals surface area contributed by atoms with Gasteiger partial charge in [-0.15, -0.1) is 0 Å². The van der Waals surface area contributed by atoms with Crippen LogP contribution in [-0.2, 0) is 13.0 Å². The van der Waals surface area contributed by atoms with Crippen LogP contribution in [0, 0.1) is 0 Å². The van der Waals surface area contributed by atoms with Gasteiger partial charge in [0, 0.05) is 34.9 Å². The molecule has 2 heterocycles. The third-order valence-corrected chi connectivity index (χ3v) is 4.86. The molecule has 0 spiro atoms. The highest BCUT2D eigenvalue weighted by Gasteiger charge is 2.13. The van der Waals surface area contributed by atoms with Crippen molar-refractivity contribution in [2.45, 2.75) is 26.3 Å². The van der Waals surface area contributed by atoms with E-state index in [1.165, 1.54) is 0 Å². The molecule has 3 nitrogen and oxygen atoms in total. The molecule has 3 heteroatoms. The summed E-state index contributed by atoms with van der Waals surface area (Å²) in [6.45, 7) is 2.72. The monoisotopic (exact) mass is 353 g/mol. The van der Waals surface area contributed by atoms with E-state index in [1.807, 2.05) is 18.3 Å². The van der Waals surface area contributed by atoms with Gasteiger partial charge >= 0.3 is 0 Å². The summed E-state index contributed by atoms with van der Waals surface area (Å²) in [5, 5.41) is 1.14. The predicted octanol–water partition coefficient (Wildman–Crippen LogP) is 5.38. The molecule has 4 aromatic rings. The van der Waals surface area contributed by atoms with E-state index in [4.69, 9.17) is 10.7 Å². The fourth-order valence-corrected chi connectivity index (χ4v) is 3.45. The van der Waals surface area contributed by atoms with Crippen LogP contribution < -0.4 is 5.73 Å². The Balaban J connectivity index is 1.98. The lowest BCUT2D eigenvalue weighted by Gasteiger charge is -2.13. The molecule has 27 heavy (non-hydrogen) atoms. The van der Waals surface area contributed by atoms with E-state index in [2.05, 4.69) is 66.5 Å². The Morgan fingerprint density at radius 2 is 1.67 bits per heavy atom. The smallest absolute Gasteiger partial charge is 0.0788 e. The fourth-order valence-electron chi connectivity index (χ4n) is 3.45. The predicted molar refractivity (Wildman–Crippen MR) is 112 cm³/mol. The first-order valence-corrected chi connectivity index (χ1v) is 9.43. The first kappa shape index (κ1) is 17.4. The normalized spacial score (nSPS) is 11.0. The van der Waals surface area contributed by atoms with Crippen LogP contribution in [0.25, 0.3) is 33.3 Å². The van der Waals surface area contributed by atoms with Crippen molar-refractivity contribution in [3.63, 3.8) is 0 Å². The summed E-state index contributed by atoms with van der Waals surface area (Å²) in [4.78, 5) is 9.65. The molecule has 0 atom stereocenters. The van der Waals surface area contributed by atoms with E-state index in [0.29, 0.717) is 6.54 Å². The molecule has 2 aromatic carbocycles. The second-order valence-electron chi connectivity index (χ2n) is 6.73. The van der Waals surface area contributed by atoms with Gasteiger partial charge in [0.1, 0.15) is 0 Å². The van der Waals surface area contributed by atoms with Gasteiger partial charge in [0.25, 0.3) is 0 Å². The van der Waals surface area contributed by atoms with E-state index >= 15 is 0 Å². The number of benzene rings is 2. The zero-order valence-electron chi connectivity index (χ0n) is 15.5. The highest BCUT2D eigenvalue weighted by Crippen LogP contribution is 2.34. The summed E-state index contributed by atoms with van der Waals surface area (Å²) in [6, 6.07) is 23.1. The van der Waals surface area contributed by atoms with Gasteiger partial charge in [0.2, 0.25) is 0 Å². The van der Waals surface area contributed by atoms with Crippen molar-refractivity contribution in [3.05, 3.63) is 84.2 Å². The minimum atomic E-state index is 0.545. The quantitative estimate of drug-likeness (QED) is 0.524. The summed E-state index contributed by atoms with van der Waals surface area (Å²) < 4.78 is 0. The van der Waals surface area contributed by atoms with Crippen LogP contribution in [0.1, 0.15) is 24.6 Å². The Hall–Kier alpha value is -3.04. The number of pyridine rings is 2. The molecular formula is C24H23N3. The van der Waals surface area contributed by atoms with Gasteiger partial charge in [-0.25, -0.2) is 4.98 Å². The van der Waals surface area contributed by atoms with E-state index < -0.39 is 0 Å². The van der Waals surface area contributed by atoms with Gasteiger partial charge in [-0.2, -0.15) is 0 Å². The molecule has 0 aliphatic carbocycles. The van der Waals surface area contributed by atoms with Gasteiger partial charge < -0.3 is 5.73 Å². The molecule has 4 rings (SSSR count). The number of fused-ring (bicyclic) bond motifs is 1. The van der Waals surface area contributed by atoms with Crippen molar-refractivity contribution in [2.24, 2.45) is 5.73 Å². The van der Waals surface area contributed by atoms with E-state index in [9.17, 15) is 0 Å². The Labute approximate surface area is 159 Å². The standard InChI is InChI=1S/C24H23N3/c1-2-6-22-21-15-20(18-7-4-3-5-8-18)24(27-23(21)13-14-26-22)19-11-9-17(16-25)10-12-19/h3-5,7-15H,2,6,16,25H2,1H3. The SMILES string of the molecule is CCCc1nccc2nc(-c3ccc(CN)cc3)c(-c3ccccc3)cc12. The van der Waals surface area contributed by atoms with Crippen molar-refractivity contribution in [1.82, 2.24) is 9.97 Å². The molecule has 134 valence electrons. The number of aromatic nitrogens is 2. The molecule has 0 saturated carbocycles. The zero-order valence-corrected chi connectivity index (χ0v) is 15.5. The lowest BCUT2D eigenvalue weighted by molar-refractivity contribution is 0.892. The largest absolute Gasteiger partial charge is 0.326 e. The van der Waals surface area contributed by atoms with Crippen molar-refractivity contribution < 1.29 is 0 Å². The lowest BCUT2D eigenvalue weighted by atomic mass is 9.96. The Kier molecular flexibility index (Phi) is 4.95. The summed E-state index contributed by atoms with van der Waals surface area (Å²) in [6.07, 6.45) is 3.89. The number of nitrogens with two attached hydrogens (primary N) is 1. The molecule has 0 fully saturated rings. The summed E-state index contributed by atoms with van der Waals surface area (Å²) in [7, 11) is 0. The van der Waals surface area contributed by atoms with Crippen LogP contribution in [0.3, 0.4) is 0 Å². The van der Waals surface area contributed by atoms with Gasteiger partial charge in [0.05, 0.1) is 11.2 Å². The maximum Gasteiger partial charge on any atom is 0.0788 e. The summed E-state index contributed by atoms with van der Waals surface area (Å²) in [5.41, 5.74) is 13.4. The average molecular weight is 353 g/mol. The average Bonchev–Trinajstić information content (AvgIpc) is 2.74. The van der Waals surface area contributed by atoms with Gasteiger partial charge in [-0.3, -0.25) is 4.98 Å². The topological polar surface area (TPSA) is 51.8 Å². The first-order valence-electron chi connectivity index (χ1n) is 9.43. The minimum Gasteiger partial charge on any atom is -0.326 e. The number of hydrogen-bond acceptors (Lipinski definition) is 3. The van der Waals surface area contributed by atoms with Crippen LogP contribution in [0.2, 0.25) is 0 Å². The Bertz CT molecular complexity index is 1050. The maximum absolute atomic E-state index is 5.76. The molecule has 0 unspecified atom stereocenters. The zero-order chi connectivity index (χ0) is 18.6. The summed E-state index contributed by atoms with van der Waals surface area (Å²) in [5.74, 6) is 0. The Morgan fingerprint density at radius 3 is 2.37 bits per heavy atom. The number of aryl methyl sites for hydroxylation is 1. The highest BCUT2D eigenvalue weighted by molar-refractivity contribution is 5.92. The van der Waals surface area contributed by atoms with Crippen LogP contribution in [0.15, 0.2) is 72.9 Å². The van der Waals surface area contributed by atoms with Crippen LogP contribution in [0.5, 0.6) is 0 Å². The molecule has 0 radical (unpaired) electrons. The maximum atomic E-state index is 5.76. The fraction of sp³-hybridized carbons (Fsp3) is 0.167. The summed E-state index contributed by atoms with van der Waals surface area (Å²) >= 11 is 0. The van der Waals surface area contributed by atoms with E-state index in [0.717, 1.165) is 57.4 Å². The highest BCUT2D eigenvalue weighted by atomic mass is 14.7. The molecule has 2 aromatic heterocycles. The van der Waals surface area contributed by atoms with Crippen LogP contribution in [-0.4, -0.2) is 9.97 Å².